The van der Waals surface area contributed by atoms with E-state index in [-0.39, 0.29) is 11.1 Å². The second-order valence-corrected chi connectivity index (χ2v) is 5.37. The van der Waals surface area contributed by atoms with Crippen molar-refractivity contribution in [2.24, 2.45) is 5.92 Å². The van der Waals surface area contributed by atoms with Gasteiger partial charge in [0.25, 0.3) is 0 Å². The number of rotatable bonds is 2. The highest BCUT2D eigenvalue weighted by molar-refractivity contribution is 5.91. The van der Waals surface area contributed by atoms with Crippen molar-refractivity contribution in [3.05, 3.63) is 46.7 Å². The zero-order valence-electron chi connectivity index (χ0n) is 12.0. The Morgan fingerprint density at radius 1 is 1.00 bits per heavy atom. The topological polar surface area (TPSA) is 83.8 Å². The number of allylic oxidation sites excluding steroid dienone is 1. The van der Waals surface area contributed by atoms with E-state index in [2.05, 4.69) is 13.8 Å². The molecule has 1 aromatic rings. The number of hydrogen-bond donors (Lipinski definition) is 2. The van der Waals surface area contributed by atoms with Crippen molar-refractivity contribution in [3.8, 4) is 0 Å². The monoisotopic (exact) mass is 290 g/mol. The highest BCUT2D eigenvalue weighted by atomic mass is 16.5. The molecule has 0 aromatic heterocycles. The number of ether oxygens (including phenoxy) is 1. The second kappa shape index (κ2) is 5.99. The Kier molecular flexibility index (Phi) is 4.31. The van der Waals surface area contributed by atoms with Crippen molar-refractivity contribution in [3.63, 3.8) is 0 Å². The molecule has 0 radical (unpaired) electrons. The molecule has 0 amide bonds. The molecule has 1 aromatic carbocycles. The first kappa shape index (κ1) is 15.1. The lowest BCUT2D eigenvalue weighted by atomic mass is 9.83. The Morgan fingerprint density at radius 3 is 1.76 bits per heavy atom. The first-order chi connectivity index (χ1) is 9.88. The van der Waals surface area contributed by atoms with Crippen molar-refractivity contribution in [1.82, 2.24) is 0 Å². The molecule has 3 rings (SSSR count). The van der Waals surface area contributed by atoms with Gasteiger partial charge in [0.05, 0.1) is 23.0 Å². The molecular formula is C16H18O5. The van der Waals surface area contributed by atoms with Crippen LogP contribution in [0.1, 0.15) is 47.4 Å². The molecule has 2 aliphatic rings. The molecule has 21 heavy (non-hydrogen) atoms. The average molecular weight is 290 g/mol. The summed E-state index contributed by atoms with van der Waals surface area (Å²) in [5, 5.41) is 16.9. The highest BCUT2D eigenvalue weighted by Crippen LogP contribution is 2.43. The van der Waals surface area contributed by atoms with Gasteiger partial charge in [0.2, 0.25) is 0 Å². The van der Waals surface area contributed by atoms with E-state index < -0.39 is 11.9 Å². The number of aromatic carboxylic acids is 2. The summed E-state index contributed by atoms with van der Waals surface area (Å²) in [4.78, 5) is 20.7. The summed E-state index contributed by atoms with van der Waals surface area (Å²) in [5.74, 6) is -0.00109. The van der Waals surface area contributed by atoms with Gasteiger partial charge in [-0.05, 0) is 42.7 Å². The van der Waals surface area contributed by atoms with Gasteiger partial charge in [-0.15, -0.1) is 0 Å². The standard InChI is InChI=1S/C8H6O4.C8H12O/c9-7(10)5-1-2-6(4-3-5)8(11)12;1-5-3-8-7(5)4-6(2)9-8/h1-4H,(H,9,10)(H,11,12);5-6H,3-4H2,1-2H3. The van der Waals surface area contributed by atoms with Crippen LogP contribution in [-0.2, 0) is 4.74 Å². The van der Waals surface area contributed by atoms with Crippen molar-refractivity contribution < 1.29 is 24.5 Å². The van der Waals surface area contributed by atoms with E-state index in [1.54, 1.807) is 5.57 Å². The average Bonchev–Trinajstić information content (AvgIpc) is 2.75. The summed E-state index contributed by atoms with van der Waals surface area (Å²) in [6.45, 7) is 4.42. The maximum absolute atomic E-state index is 10.3. The Bertz CT molecular complexity index is 552. The van der Waals surface area contributed by atoms with E-state index >= 15 is 0 Å². The first-order valence-corrected chi connectivity index (χ1v) is 6.83. The Balaban J connectivity index is 0.000000159. The van der Waals surface area contributed by atoms with Gasteiger partial charge in [-0.25, -0.2) is 9.59 Å². The van der Waals surface area contributed by atoms with Crippen molar-refractivity contribution in [2.45, 2.75) is 32.8 Å². The molecule has 2 atom stereocenters. The molecule has 0 bridgehead atoms. The van der Waals surface area contributed by atoms with Crippen LogP contribution in [0.5, 0.6) is 0 Å². The highest BCUT2D eigenvalue weighted by Gasteiger charge is 2.34. The van der Waals surface area contributed by atoms with Gasteiger partial charge in [0.1, 0.15) is 0 Å². The van der Waals surface area contributed by atoms with E-state index in [1.807, 2.05) is 0 Å². The SMILES string of the molecule is CC1CC2=C(CC2C)O1.O=C(O)c1ccc(C(=O)O)cc1. The largest absolute Gasteiger partial charge is 0.495 e. The van der Waals surface area contributed by atoms with Gasteiger partial charge in [0, 0.05) is 12.8 Å². The smallest absolute Gasteiger partial charge is 0.335 e. The zero-order valence-corrected chi connectivity index (χ0v) is 12.0. The van der Waals surface area contributed by atoms with Crippen LogP contribution in [0.15, 0.2) is 35.6 Å². The van der Waals surface area contributed by atoms with Gasteiger partial charge in [-0.1, -0.05) is 6.92 Å². The molecule has 2 N–H and O–H groups in total. The van der Waals surface area contributed by atoms with E-state index in [0.29, 0.717) is 6.10 Å². The van der Waals surface area contributed by atoms with E-state index in [0.717, 1.165) is 5.92 Å². The van der Waals surface area contributed by atoms with Crippen LogP contribution in [-0.4, -0.2) is 28.3 Å². The fraction of sp³-hybridized carbons (Fsp3) is 0.375. The predicted octanol–water partition coefficient (Wildman–Crippen LogP) is 3.17. The minimum Gasteiger partial charge on any atom is -0.495 e. The van der Waals surface area contributed by atoms with Crippen LogP contribution in [0.2, 0.25) is 0 Å². The summed E-state index contributed by atoms with van der Waals surface area (Å²) in [6, 6.07) is 5.02. The lowest BCUT2D eigenvalue weighted by molar-refractivity contribution is 0.0681. The van der Waals surface area contributed by atoms with Crippen molar-refractivity contribution >= 4 is 11.9 Å². The maximum Gasteiger partial charge on any atom is 0.335 e. The summed E-state index contributed by atoms with van der Waals surface area (Å²) < 4.78 is 5.51. The van der Waals surface area contributed by atoms with E-state index in [1.165, 1.54) is 42.9 Å². The molecule has 0 fully saturated rings. The van der Waals surface area contributed by atoms with Crippen LogP contribution in [0.3, 0.4) is 0 Å². The maximum atomic E-state index is 10.3. The van der Waals surface area contributed by atoms with Gasteiger partial charge >= 0.3 is 11.9 Å². The van der Waals surface area contributed by atoms with Crippen molar-refractivity contribution in [1.29, 1.82) is 0 Å². The Labute approximate surface area is 122 Å². The Hall–Kier alpha value is -2.30. The first-order valence-electron chi connectivity index (χ1n) is 6.83. The van der Waals surface area contributed by atoms with Gasteiger partial charge in [-0.3, -0.25) is 0 Å². The number of carboxylic acids is 2. The lowest BCUT2D eigenvalue weighted by Gasteiger charge is -2.22. The minimum atomic E-state index is -1.06. The third kappa shape index (κ3) is 3.42. The third-order valence-corrected chi connectivity index (χ3v) is 3.67. The molecule has 0 spiro atoms. The van der Waals surface area contributed by atoms with Crippen LogP contribution in [0.4, 0.5) is 0 Å². The lowest BCUT2D eigenvalue weighted by Crippen LogP contribution is -2.10. The van der Waals surface area contributed by atoms with Gasteiger partial charge in [-0.2, -0.15) is 0 Å². The van der Waals surface area contributed by atoms with Crippen LogP contribution >= 0.6 is 0 Å². The molecule has 5 heteroatoms. The molecule has 2 unspecified atom stereocenters. The number of benzene rings is 1. The fourth-order valence-corrected chi connectivity index (χ4v) is 2.46. The van der Waals surface area contributed by atoms with Crippen LogP contribution < -0.4 is 0 Å². The molecule has 0 saturated carbocycles. The zero-order chi connectivity index (χ0) is 15.6. The summed E-state index contributed by atoms with van der Waals surface area (Å²) in [5.41, 5.74) is 1.75. The number of carbonyl (C=O) groups is 2. The molecule has 1 aliphatic heterocycles. The van der Waals surface area contributed by atoms with Crippen molar-refractivity contribution in [2.75, 3.05) is 0 Å². The summed E-state index contributed by atoms with van der Waals surface area (Å²) in [7, 11) is 0. The molecule has 1 aliphatic carbocycles. The van der Waals surface area contributed by atoms with E-state index in [9.17, 15) is 9.59 Å². The quantitative estimate of drug-likeness (QED) is 0.874. The second-order valence-electron chi connectivity index (χ2n) is 5.37. The Morgan fingerprint density at radius 2 is 1.48 bits per heavy atom. The fourth-order valence-electron chi connectivity index (χ4n) is 2.46. The van der Waals surface area contributed by atoms with Crippen LogP contribution in [0, 0.1) is 5.92 Å². The minimum absolute atomic E-state index is 0.0833. The molecule has 5 nitrogen and oxygen atoms in total. The molecule has 1 heterocycles. The number of carboxylic acid groups (broad SMARTS) is 2. The molecule has 112 valence electrons. The summed E-state index contributed by atoms with van der Waals surface area (Å²) in [6.07, 6.45) is 2.86. The van der Waals surface area contributed by atoms with Crippen LogP contribution in [0.25, 0.3) is 0 Å². The van der Waals surface area contributed by atoms with E-state index in [4.69, 9.17) is 14.9 Å². The summed E-state index contributed by atoms with van der Waals surface area (Å²) >= 11 is 0. The molecular weight excluding hydrogens is 272 g/mol. The molecule has 0 saturated heterocycles. The van der Waals surface area contributed by atoms with Gasteiger partial charge < -0.3 is 14.9 Å². The third-order valence-electron chi connectivity index (χ3n) is 3.67. The number of hydrogen-bond acceptors (Lipinski definition) is 3. The van der Waals surface area contributed by atoms with Gasteiger partial charge in [0.15, 0.2) is 0 Å². The predicted molar refractivity (Wildman–Crippen MR) is 76.3 cm³/mol. The normalized spacial score (nSPS) is 22.4.